The van der Waals surface area contributed by atoms with Crippen LogP contribution in [0, 0.1) is 5.41 Å². The standard InChI is InChI=1S/C13H14N4O2.C2H6O4S/c14-13(15)16-12(19)10-5-9(8-18)6-11(7-10)17-3-1-2-4-17;3-1-2-7(4,5)6/h1-7,18H,8H2,(H4,14,15,16,19);3H,1-2H2,(H,4,5,6). The SMILES string of the molecule is N=C(N)NC(=O)c1cc(CO)cc(-n2cccc2)c1.O=S(=O)(O)CCO. The molecular formula is C15H20N4O6S. The molecule has 1 heterocycles. The van der Waals surface area contributed by atoms with Crippen molar-refractivity contribution in [3.05, 3.63) is 53.9 Å². The number of rotatable bonds is 5. The van der Waals surface area contributed by atoms with Crippen molar-refractivity contribution in [1.29, 1.82) is 5.41 Å². The molecule has 0 bridgehead atoms. The Hall–Kier alpha value is -2.73. The maximum absolute atomic E-state index is 11.8. The molecule has 0 aliphatic carbocycles. The third-order valence-corrected chi connectivity index (χ3v) is 3.62. The second-order valence-corrected chi connectivity index (χ2v) is 6.59. The van der Waals surface area contributed by atoms with E-state index in [1.54, 1.807) is 18.2 Å². The lowest BCUT2D eigenvalue weighted by molar-refractivity contribution is 0.0976. The van der Waals surface area contributed by atoms with Crippen molar-refractivity contribution < 1.29 is 28.0 Å². The Morgan fingerprint density at radius 1 is 1.19 bits per heavy atom. The molecule has 0 saturated carbocycles. The zero-order valence-corrected chi connectivity index (χ0v) is 14.5. The van der Waals surface area contributed by atoms with Gasteiger partial charge < -0.3 is 20.5 Å². The number of aliphatic hydroxyl groups excluding tert-OH is 2. The number of guanidine groups is 1. The highest BCUT2D eigenvalue weighted by atomic mass is 32.2. The van der Waals surface area contributed by atoms with E-state index in [1.165, 1.54) is 0 Å². The Morgan fingerprint density at radius 2 is 1.81 bits per heavy atom. The van der Waals surface area contributed by atoms with Crippen molar-refractivity contribution in [2.75, 3.05) is 12.4 Å². The normalized spacial score (nSPS) is 10.6. The third-order valence-electron chi connectivity index (χ3n) is 2.92. The minimum absolute atomic E-state index is 0.171. The van der Waals surface area contributed by atoms with Crippen molar-refractivity contribution in [2.24, 2.45) is 5.73 Å². The van der Waals surface area contributed by atoms with Crippen LogP contribution in [0.2, 0.25) is 0 Å². The van der Waals surface area contributed by atoms with Gasteiger partial charge in [-0.2, -0.15) is 8.42 Å². The molecule has 0 spiro atoms. The van der Waals surface area contributed by atoms with Gasteiger partial charge in [-0.15, -0.1) is 0 Å². The number of aromatic nitrogens is 1. The van der Waals surface area contributed by atoms with E-state index < -0.39 is 34.3 Å². The molecular weight excluding hydrogens is 364 g/mol. The topological polar surface area (TPSA) is 179 Å². The zero-order valence-electron chi connectivity index (χ0n) is 13.7. The van der Waals surface area contributed by atoms with E-state index in [0.29, 0.717) is 11.1 Å². The van der Waals surface area contributed by atoms with E-state index in [1.807, 2.05) is 29.1 Å². The predicted octanol–water partition coefficient (Wildman–Crippen LogP) is -0.541. The number of amides is 1. The quantitative estimate of drug-likeness (QED) is 0.227. The highest BCUT2D eigenvalue weighted by molar-refractivity contribution is 7.85. The first-order valence-corrected chi connectivity index (χ1v) is 8.86. The monoisotopic (exact) mass is 384 g/mol. The summed E-state index contributed by atoms with van der Waals surface area (Å²) in [6.07, 6.45) is 3.67. The third kappa shape index (κ3) is 7.44. The van der Waals surface area contributed by atoms with E-state index in [2.05, 4.69) is 5.32 Å². The lowest BCUT2D eigenvalue weighted by Crippen LogP contribution is -2.35. The number of carbonyl (C=O) groups excluding carboxylic acids is 1. The summed E-state index contributed by atoms with van der Waals surface area (Å²) in [4.78, 5) is 11.8. The van der Waals surface area contributed by atoms with Crippen LogP contribution in [0.3, 0.4) is 0 Å². The molecule has 26 heavy (non-hydrogen) atoms. The molecule has 1 aromatic heterocycles. The molecule has 2 rings (SSSR count). The first-order chi connectivity index (χ1) is 12.2. The van der Waals surface area contributed by atoms with Gasteiger partial charge in [0.05, 0.1) is 19.0 Å². The summed E-state index contributed by atoms with van der Waals surface area (Å²) in [6.45, 7) is -0.700. The second-order valence-electron chi connectivity index (χ2n) is 5.01. The van der Waals surface area contributed by atoms with Gasteiger partial charge in [0.25, 0.3) is 16.0 Å². The van der Waals surface area contributed by atoms with Gasteiger partial charge in [-0.05, 0) is 35.9 Å². The van der Waals surface area contributed by atoms with Gasteiger partial charge >= 0.3 is 0 Å². The number of nitrogens with zero attached hydrogens (tertiary/aromatic N) is 1. The lowest BCUT2D eigenvalue weighted by Gasteiger charge is -2.09. The van der Waals surface area contributed by atoms with Gasteiger partial charge in [0, 0.05) is 23.6 Å². The number of hydrogen-bond acceptors (Lipinski definition) is 6. The van der Waals surface area contributed by atoms with Crippen LogP contribution in [0.5, 0.6) is 0 Å². The molecule has 1 aromatic carbocycles. The summed E-state index contributed by atoms with van der Waals surface area (Å²) in [7, 11) is -3.92. The maximum Gasteiger partial charge on any atom is 0.267 e. The minimum atomic E-state index is -3.92. The van der Waals surface area contributed by atoms with Gasteiger partial charge in [-0.3, -0.25) is 20.1 Å². The highest BCUT2D eigenvalue weighted by Gasteiger charge is 2.10. The summed E-state index contributed by atoms with van der Waals surface area (Å²) in [5, 5.41) is 26.4. The Morgan fingerprint density at radius 3 is 2.23 bits per heavy atom. The van der Waals surface area contributed by atoms with Gasteiger partial charge in [0.2, 0.25) is 0 Å². The molecule has 7 N–H and O–H groups in total. The Bertz CT molecular complexity index is 849. The van der Waals surface area contributed by atoms with Crippen LogP contribution in [-0.2, 0) is 16.7 Å². The number of nitrogens with two attached hydrogens (primary N) is 1. The average molecular weight is 384 g/mol. The van der Waals surface area contributed by atoms with E-state index in [-0.39, 0.29) is 6.61 Å². The molecule has 0 unspecified atom stereocenters. The molecule has 0 radical (unpaired) electrons. The lowest BCUT2D eigenvalue weighted by atomic mass is 10.1. The minimum Gasteiger partial charge on any atom is -0.395 e. The molecule has 1 amide bonds. The smallest absolute Gasteiger partial charge is 0.267 e. The molecule has 142 valence electrons. The molecule has 0 saturated heterocycles. The number of carbonyl (C=O) groups is 1. The largest absolute Gasteiger partial charge is 0.395 e. The van der Waals surface area contributed by atoms with Gasteiger partial charge in [-0.1, -0.05) is 0 Å². The molecule has 11 heteroatoms. The van der Waals surface area contributed by atoms with Crippen LogP contribution in [0.25, 0.3) is 5.69 Å². The molecule has 0 fully saturated rings. The number of hydrogen-bond donors (Lipinski definition) is 6. The van der Waals surface area contributed by atoms with Gasteiger partial charge in [-0.25, -0.2) is 0 Å². The Balaban J connectivity index is 0.000000412. The fourth-order valence-electron chi connectivity index (χ4n) is 1.86. The van der Waals surface area contributed by atoms with Crippen molar-refractivity contribution in [1.82, 2.24) is 9.88 Å². The van der Waals surface area contributed by atoms with Crippen LogP contribution in [-0.4, -0.2) is 52.0 Å². The molecule has 2 aromatic rings. The highest BCUT2D eigenvalue weighted by Crippen LogP contribution is 2.15. The molecule has 0 aliphatic heterocycles. The summed E-state index contributed by atoms with van der Waals surface area (Å²) >= 11 is 0. The second kappa shape index (κ2) is 9.68. The van der Waals surface area contributed by atoms with Crippen molar-refractivity contribution in [3.63, 3.8) is 0 Å². The Labute approximate surface area is 150 Å². The first-order valence-electron chi connectivity index (χ1n) is 7.26. The maximum atomic E-state index is 11.8. The fraction of sp³-hybridized carbons (Fsp3) is 0.200. The predicted molar refractivity (Wildman–Crippen MR) is 94.6 cm³/mol. The van der Waals surface area contributed by atoms with E-state index in [9.17, 15) is 18.3 Å². The van der Waals surface area contributed by atoms with E-state index in [4.69, 9.17) is 20.8 Å². The van der Waals surface area contributed by atoms with Crippen LogP contribution < -0.4 is 11.1 Å². The molecule has 10 nitrogen and oxygen atoms in total. The van der Waals surface area contributed by atoms with E-state index in [0.717, 1.165) is 5.69 Å². The van der Waals surface area contributed by atoms with E-state index >= 15 is 0 Å². The average Bonchev–Trinajstić information content (AvgIpc) is 3.07. The number of nitrogens with one attached hydrogen (secondary N) is 2. The van der Waals surface area contributed by atoms with Gasteiger partial charge in [0.15, 0.2) is 5.96 Å². The first kappa shape index (κ1) is 21.3. The number of aliphatic hydroxyl groups is 2. The molecule has 0 atom stereocenters. The van der Waals surface area contributed by atoms with Gasteiger partial charge in [0.1, 0.15) is 0 Å². The van der Waals surface area contributed by atoms with Crippen LogP contribution in [0.1, 0.15) is 15.9 Å². The Kier molecular flexibility index (Phi) is 7.93. The summed E-state index contributed by atoms with van der Waals surface area (Å²) in [5.41, 5.74) is 6.83. The summed E-state index contributed by atoms with van der Waals surface area (Å²) < 4.78 is 28.9. The van der Waals surface area contributed by atoms with Crippen LogP contribution >= 0.6 is 0 Å². The van der Waals surface area contributed by atoms with Crippen LogP contribution in [0.4, 0.5) is 0 Å². The zero-order chi connectivity index (χ0) is 19.7. The summed E-state index contributed by atoms with van der Waals surface area (Å²) in [5.74, 6) is -1.47. The number of benzene rings is 1. The van der Waals surface area contributed by atoms with Crippen LogP contribution in [0.15, 0.2) is 42.7 Å². The molecule has 0 aliphatic rings. The fourth-order valence-corrected chi connectivity index (χ4v) is 2.09. The summed E-state index contributed by atoms with van der Waals surface area (Å²) in [6, 6.07) is 8.73. The van der Waals surface area contributed by atoms with Crippen molar-refractivity contribution in [2.45, 2.75) is 6.61 Å². The van der Waals surface area contributed by atoms with Crippen molar-refractivity contribution in [3.8, 4) is 5.69 Å². The van der Waals surface area contributed by atoms with Crippen molar-refractivity contribution >= 4 is 22.0 Å².